The fourth-order valence-corrected chi connectivity index (χ4v) is 6.89. The van der Waals surface area contributed by atoms with Gasteiger partial charge in [0.2, 0.25) is 5.91 Å². The molecule has 30 heavy (non-hydrogen) atoms. The largest absolute Gasteiger partial charge is 0.345 e. The molecule has 10 heteroatoms. The second-order valence-corrected chi connectivity index (χ2v) is 10.6. The Morgan fingerprint density at radius 2 is 2.10 bits per heavy atom. The molecular formula is C20H23N5O2S3. The molecule has 1 N–H and O–H groups in total. The Morgan fingerprint density at radius 1 is 1.23 bits per heavy atom. The first kappa shape index (κ1) is 20.0. The van der Waals surface area contributed by atoms with Gasteiger partial charge in [0, 0.05) is 54.8 Å². The molecule has 3 aromatic heterocycles. The van der Waals surface area contributed by atoms with E-state index in [-0.39, 0.29) is 11.5 Å². The average molecular weight is 462 g/mol. The number of rotatable bonds is 6. The summed E-state index contributed by atoms with van der Waals surface area (Å²) in [5, 5.41) is 3.82. The van der Waals surface area contributed by atoms with Crippen molar-refractivity contribution in [1.82, 2.24) is 19.9 Å². The van der Waals surface area contributed by atoms with Crippen molar-refractivity contribution in [3.05, 3.63) is 38.2 Å². The summed E-state index contributed by atoms with van der Waals surface area (Å²) in [6.45, 7) is 3.17. The molecule has 0 bridgehead atoms. The number of amides is 1. The van der Waals surface area contributed by atoms with Crippen molar-refractivity contribution >= 4 is 55.7 Å². The van der Waals surface area contributed by atoms with Crippen LogP contribution in [0.25, 0.3) is 10.2 Å². The highest BCUT2D eigenvalue weighted by Gasteiger charge is 2.23. The van der Waals surface area contributed by atoms with Crippen LogP contribution in [-0.4, -0.2) is 57.7 Å². The third-order valence-corrected chi connectivity index (χ3v) is 8.63. The Kier molecular flexibility index (Phi) is 5.79. The summed E-state index contributed by atoms with van der Waals surface area (Å²) in [4.78, 5) is 43.4. The Morgan fingerprint density at radius 3 is 2.90 bits per heavy atom. The number of thiazole rings is 1. The van der Waals surface area contributed by atoms with Gasteiger partial charge in [0.1, 0.15) is 10.7 Å². The van der Waals surface area contributed by atoms with Crippen molar-refractivity contribution in [2.45, 2.75) is 31.4 Å². The zero-order valence-corrected chi connectivity index (χ0v) is 19.0. The summed E-state index contributed by atoms with van der Waals surface area (Å²) in [6, 6.07) is 0. The van der Waals surface area contributed by atoms with Crippen molar-refractivity contribution in [3.63, 3.8) is 0 Å². The van der Waals surface area contributed by atoms with Crippen molar-refractivity contribution in [2.24, 2.45) is 0 Å². The van der Waals surface area contributed by atoms with Crippen LogP contribution >= 0.6 is 34.4 Å². The minimum Gasteiger partial charge on any atom is -0.345 e. The molecule has 5 rings (SSSR count). The number of aryl methyl sites for hydroxylation is 2. The van der Waals surface area contributed by atoms with Gasteiger partial charge in [-0.2, -0.15) is 11.8 Å². The molecule has 0 atom stereocenters. The maximum absolute atomic E-state index is 12.5. The van der Waals surface area contributed by atoms with Gasteiger partial charge in [0.05, 0.1) is 11.1 Å². The molecule has 4 heterocycles. The second-order valence-electron chi connectivity index (χ2n) is 7.54. The van der Waals surface area contributed by atoms with Crippen LogP contribution in [-0.2, 0) is 23.4 Å². The van der Waals surface area contributed by atoms with Gasteiger partial charge in [-0.25, -0.2) is 9.97 Å². The first-order valence-electron chi connectivity index (χ1n) is 10.2. The number of aromatic nitrogens is 3. The number of nitrogens with one attached hydrogen (secondary N) is 1. The molecule has 3 aromatic rings. The zero-order valence-electron chi connectivity index (χ0n) is 16.6. The van der Waals surface area contributed by atoms with Gasteiger partial charge >= 0.3 is 0 Å². The number of carbonyl (C=O) groups is 1. The standard InChI is InChI=1S/C20H23N5O2S3/c26-16(24-6-8-25(9-7-24)20-21-5-11-29-20)4-10-28-12-15-22-18(27)17-13-2-1-3-14(13)30-19(17)23-15/h5,11H,1-4,6-10,12H2,(H,22,23,27). The predicted molar refractivity (Wildman–Crippen MR) is 124 cm³/mol. The predicted octanol–water partition coefficient (Wildman–Crippen LogP) is 2.90. The van der Waals surface area contributed by atoms with E-state index in [1.165, 1.54) is 10.4 Å². The average Bonchev–Trinajstić information content (AvgIpc) is 3.48. The molecule has 1 amide bonds. The molecule has 0 radical (unpaired) electrons. The molecule has 0 spiro atoms. The normalized spacial score (nSPS) is 16.4. The van der Waals surface area contributed by atoms with Crippen LogP contribution in [0.5, 0.6) is 0 Å². The van der Waals surface area contributed by atoms with E-state index >= 15 is 0 Å². The van der Waals surface area contributed by atoms with Crippen LogP contribution in [0, 0.1) is 0 Å². The molecule has 2 aliphatic rings. The monoisotopic (exact) mass is 461 g/mol. The lowest BCUT2D eigenvalue weighted by Gasteiger charge is -2.34. The van der Waals surface area contributed by atoms with Crippen molar-refractivity contribution in [3.8, 4) is 0 Å². The van der Waals surface area contributed by atoms with Gasteiger partial charge in [0.25, 0.3) is 5.56 Å². The summed E-state index contributed by atoms with van der Waals surface area (Å²) in [5.74, 6) is 2.27. The number of hydrogen-bond donors (Lipinski definition) is 1. The van der Waals surface area contributed by atoms with E-state index in [1.807, 2.05) is 16.5 Å². The lowest BCUT2D eigenvalue weighted by Crippen LogP contribution is -2.48. The van der Waals surface area contributed by atoms with Gasteiger partial charge in [-0.3, -0.25) is 9.59 Å². The van der Waals surface area contributed by atoms with E-state index in [9.17, 15) is 9.59 Å². The molecule has 158 valence electrons. The smallest absolute Gasteiger partial charge is 0.259 e. The number of H-pyrrole nitrogens is 1. The van der Waals surface area contributed by atoms with Crippen molar-refractivity contribution < 1.29 is 4.79 Å². The quantitative estimate of drug-likeness (QED) is 0.569. The second kappa shape index (κ2) is 8.68. The minimum absolute atomic E-state index is 0.0100. The number of piperazine rings is 1. The van der Waals surface area contributed by atoms with Crippen LogP contribution in [0.2, 0.25) is 0 Å². The fraction of sp³-hybridized carbons (Fsp3) is 0.500. The summed E-state index contributed by atoms with van der Waals surface area (Å²) >= 11 is 4.96. The Hall–Kier alpha value is -1.91. The van der Waals surface area contributed by atoms with Crippen LogP contribution in [0.15, 0.2) is 16.4 Å². The zero-order chi connectivity index (χ0) is 20.5. The van der Waals surface area contributed by atoms with E-state index in [0.29, 0.717) is 18.0 Å². The number of aromatic amines is 1. The maximum atomic E-state index is 12.5. The maximum Gasteiger partial charge on any atom is 0.259 e. The molecule has 1 aliphatic carbocycles. The first-order chi connectivity index (χ1) is 14.7. The highest BCUT2D eigenvalue weighted by atomic mass is 32.2. The number of anilines is 1. The van der Waals surface area contributed by atoms with E-state index < -0.39 is 0 Å². The molecule has 0 saturated carbocycles. The number of carbonyl (C=O) groups excluding carboxylic acids is 1. The third kappa shape index (κ3) is 4.00. The van der Waals surface area contributed by atoms with Crippen LogP contribution in [0.1, 0.15) is 29.1 Å². The van der Waals surface area contributed by atoms with Crippen molar-refractivity contribution in [2.75, 3.05) is 36.8 Å². The highest BCUT2D eigenvalue weighted by Crippen LogP contribution is 2.34. The summed E-state index contributed by atoms with van der Waals surface area (Å²) in [5.41, 5.74) is 1.20. The number of nitrogens with zero attached hydrogens (tertiary/aromatic N) is 4. The summed E-state index contributed by atoms with van der Waals surface area (Å²) < 4.78 is 0. The SMILES string of the molecule is O=C(CCSCc1nc2sc3c(c2c(=O)[nH]1)CCC3)N1CCN(c2nccs2)CC1. The number of fused-ring (bicyclic) bond motifs is 3. The lowest BCUT2D eigenvalue weighted by molar-refractivity contribution is -0.131. The number of thioether (sulfide) groups is 1. The minimum atomic E-state index is -0.0100. The topological polar surface area (TPSA) is 82.2 Å². The molecule has 1 aliphatic heterocycles. The molecule has 7 nitrogen and oxygen atoms in total. The molecular weight excluding hydrogens is 438 g/mol. The summed E-state index contributed by atoms with van der Waals surface area (Å²) in [6.07, 6.45) is 5.54. The molecule has 1 fully saturated rings. The molecule has 0 unspecified atom stereocenters. The van der Waals surface area contributed by atoms with Gasteiger partial charge in [0.15, 0.2) is 5.13 Å². The highest BCUT2D eigenvalue weighted by molar-refractivity contribution is 7.98. The lowest BCUT2D eigenvalue weighted by atomic mass is 10.2. The third-order valence-electron chi connectivity index (χ3n) is 5.65. The fourth-order valence-electron chi connectivity index (χ4n) is 4.12. The van der Waals surface area contributed by atoms with E-state index in [0.717, 1.165) is 66.5 Å². The van der Waals surface area contributed by atoms with Gasteiger partial charge < -0.3 is 14.8 Å². The van der Waals surface area contributed by atoms with Gasteiger partial charge in [-0.15, -0.1) is 22.7 Å². The van der Waals surface area contributed by atoms with Crippen LogP contribution in [0.3, 0.4) is 0 Å². The van der Waals surface area contributed by atoms with E-state index in [4.69, 9.17) is 0 Å². The van der Waals surface area contributed by atoms with E-state index in [1.54, 1.807) is 34.4 Å². The van der Waals surface area contributed by atoms with Crippen LogP contribution < -0.4 is 10.5 Å². The Labute approximate surface area is 186 Å². The van der Waals surface area contributed by atoms with Crippen molar-refractivity contribution in [1.29, 1.82) is 0 Å². The van der Waals surface area contributed by atoms with Crippen LogP contribution in [0.4, 0.5) is 5.13 Å². The van der Waals surface area contributed by atoms with E-state index in [2.05, 4.69) is 19.9 Å². The number of hydrogen-bond acceptors (Lipinski definition) is 8. The summed E-state index contributed by atoms with van der Waals surface area (Å²) in [7, 11) is 0. The van der Waals surface area contributed by atoms with Gasteiger partial charge in [-0.05, 0) is 24.8 Å². The molecule has 1 saturated heterocycles. The first-order valence-corrected chi connectivity index (χ1v) is 13.1. The molecule has 0 aromatic carbocycles. The number of thiophene rings is 1. The Balaban J connectivity index is 1.10. The van der Waals surface area contributed by atoms with Gasteiger partial charge in [-0.1, -0.05) is 0 Å². The Bertz CT molecular complexity index is 1100.